The molecule has 1 fully saturated rings. The van der Waals surface area contributed by atoms with E-state index in [1.807, 2.05) is 41.3 Å². The number of methoxy groups -OCH3 is 2. The van der Waals surface area contributed by atoms with Crippen molar-refractivity contribution in [2.24, 2.45) is 0 Å². The van der Waals surface area contributed by atoms with E-state index < -0.39 is 0 Å². The number of nitrogens with zero attached hydrogens (tertiary/aromatic N) is 6. The Morgan fingerprint density at radius 2 is 1.86 bits per heavy atom. The summed E-state index contributed by atoms with van der Waals surface area (Å²) in [6, 6.07) is 11.2. The average molecular weight is 493 g/mol. The monoisotopic (exact) mass is 492 g/mol. The predicted octanol–water partition coefficient (Wildman–Crippen LogP) is 3.51. The molecule has 0 bridgehead atoms. The molecular weight excluding hydrogens is 468 g/mol. The molecule has 0 spiro atoms. The first kappa shape index (κ1) is 22.9. The van der Waals surface area contributed by atoms with Crippen LogP contribution in [-0.4, -0.2) is 71.0 Å². The summed E-state index contributed by atoms with van der Waals surface area (Å²) in [6.45, 7) is 2.98. The van der Waals surface area contributed by atoms with Gasteiger partial charge in [-0.05, 0) is 30.3 Å². The molecule has 0 unspecified atom stereocenters. The van der Waals surface area contributed by atoms with Gasteiger partial charge < -0.3 is 19.3 Å². The van der Waals surface area contributed by atoms with Gasteiger partial charge in [-0.3, -0.25) is 4.79 Å². The number of hydrogen-bond donors (Lipinski definition) is 0. The molecular formula is C25H25ClN6O3. The standard InChI is InChI=1S/C25H25ClN6O3/c1-34-20-6-5-17(22(13-20)35-2)16-32-23-18(15-29-32)12-19(14-28-23)25(33)31-10-8-30(9-11-31)24-21(26)4-3-7-27-24/h3-7,12-15H,8-11,16H2,1-2H3. The highest BCUT2D eigenvalue weighted by atomic mass is 35.5. The van der Waals surface area contributed by atoms with E-state index in [2.05, 4.69) is 20.0 Å². The van der Waals surface area contributed by atoms with Crippen LogP contribution in [0.4, 0.5) is 5.82 Å². The highest BCUT2D eigenvalue weighted by Gasteiger charge is 2.24. The Hall–Kier alpha value is -3.85. The van der Waals surface area contributed by atoms with Gasteiger partial charge in [0.05, 0.1) is 37.5 Å². The number of hydrogen-bond acceptors (Lipinski definition) is 7. The van der Waals surface area contributed by atoms with Gasteiger partial charge in [0, 0.05) is 55.6 Å². The Morgan fingerprint density at radius 1 is 1.03 bits per heavy atom. The molecule has 0 radical (unpaired) electrons. The molecule has 9 nitrogen and oxygen atoms in total. The third-order valence-electron chi connectivity index (χ3n) is 6.14. The quantitative estimate of drug-likeness (QED) is 0.407. The normalized spacial score (nSPS) is 13.8. The van der Waals surface area contributed by atoms with Crippen LogP contribution in [0.1, 0.15) is 15.9 Å². The minimum atomic E-state index is -0.0456. The molecule has 0 atom stereocenters. The van der Waals surface area contributed by atoms with Crippen molar-refractivity contribution in [1.29, 1.82) is 0 Å². The molecule has 1 saturated heterocycles. The van der Waals surface area contributed by atoms with Gasteiger partial charge in [-0.1, -0.05) is 11.6 Å². The summed E-state index contributed by atoms with van der Waals surface area (Å²) in [6.07, 6.45) is 5.08. The van der Waals surface area contributed by atoms with E-state index in [0.717, 1.165) is 22.5 Å². The lowest BCUT2D eigenvalue weighted by atomic mass is 10.2. The first-order valence-corrected chi connectivity index (χ1v) is 11.6. The number of carbonyl (C=O) groups excluding carboxylic acids is 1. The second-order valence-corrected chi connectivity index (χ2v) is 8.61. The van der Waals surface area contributed by atoms with Crippen molar-refractivity contribution in [1.82, 2.24) is 24.6 Å². The lowest BCUT2D eigenvalue weighted by molar-refractivity contribution is 0.0746. The van der Waals surface area contributed by atoms with Crippen molar-refractivity contribution in [3.05, 3.63) is 71.1 Å². The molecule has 1 aliphatic rings. The van der Waals surface area contributed by atoms with Crippen molar-refractivity contribution in [2.75, 3.05) is 45.3 Å². The molecule has 180 valence electrons. The van der Waals surface area contributed by atoms with E-state index in [9.17, 15) is 4.79 Å². The van der Waals surface area contributed by atoms with Crippen molar-refractivity contribution >= 4 is 34.4 Å². The molecule has 0 N–H and O–H groups in total. The molecule has 4 aromatic rings. The first-order valence-electron chi connectivity index (χ1n) is 11.2. The van der Waals surface area contributed by atoms with Crippen LogP contribution < -0.4 is 14.4 Å². The molecule has 1 aromatic carbocycles. The fourth-order valence-corrected chi connectivity index (χ4v) is 4.50. The fourth-order valence-electron chi connectivity index (χ4n) is 4.26. The zero-order chi connectivity index (χ0) is 24.4. The van der Waals surface area contributed by atoms with Crippen molar-refractivity contribution in [2.45, 2.75) is 6.54 Å². The molecule has 0 aliphatic carbocycles. The summed E-state index contributed by atoms with van der Waals surface area (Å²) in [4.78, 5) is 26.0. The number of halogens is 1. The average Bonchev–Trinajstić information content (AvgIpc) is 3.30. The minimum Gasteiger partial charge on any atom is -0.497 e. The lowest BCUT2D eigenvalue weighted by Crippen LogP contribution is -2.49. The van der Waals surface area contributed by atoms with E-state index >= 15 is 0 Å². The van der Waals surface area contributed by atoms with Gasteiger partial charge in [-0.25, -0.2) is 14.6 Å². The Bertz CT molecular complexity index is 1370. The smallest absolute Gasteiger partial charge is 0.255 e. The Kier molecular flexibility index (Phi) is 6.41. The van der Waals surface area contributed by atoms with Crippen molar-refractivity contribution < 1.29 is 14.3 Å². The zero-order valence-corrected chi connectivity index (χ0v) is 20.3. The predicted molar refractivity (Wildman–Crippen MR) is 134 cm³/mol. The summed E-state index contributed by atoms with van der Waals surface area (Å²) in [7, 11) is 3.24. The number of benzene rings is 1. The summed E-state index contributed by atoms with van der Waals surface area (Å²) in [5.41, 5.74) is 2.20. The number of aromatic nitrogens is 4. The van der Waals surface area contributed by atoms with Crippen LogP contribution >= 0.6 is 11.6 Å². The van der Waals surface area contributed by atoms with Crippen molar-refractivity contribution in [3.8, 4) is 11.5 Å². The number of ether oxygens (including phenoxy) is 2. The van der Waals surface area contributed by atoms with Gasteiger partial charge in [0.15, 0.2) is 5.65 Å². The molecule has 3 aromatic heterocycles. The van der Waals surface area contributed by atoms with Crippen molar-refractivity contribution in [3.63, 3.8) is 0 Å². The molecule has 35 heavy (non-hydrogen) atoms. The van der Waals surface area contributed by atoms with Gasteiger partial charge in [-0.15, -0.1) is 0 Å². The molecule has 0 saturated carbocycles. The third-order valence-corrected chi connectivity index (χ3v) is 6.44. The number of pyridine rings is 2. The molecule has 1 aliphatic heterocycles. The van der Waals surface area contributed by atoms with E-state index in [1.54, 1.807) is 37.5 Å². The van der Waals surface area contributed by atoms with Crippen LogP contribution in [0.15, 0.2) is 55.0 Å². The molecule has 1 amide bonds. The summed E-state index contributed by atoms with van der Waals surface area (Å²) < 4.78 is 12.6. The molecule has 4 heterocycles. The maximum absolute atomic E-state index is 13.2. The number of anilines is 1. The Morgan fingerprint density at radius 3 is 2.60 bits per heavy atom. The Labute approximate surface area is 207 Å². The second-order valence-electron chi connectivity index (χ2n) is 8.20. The zero-order valence-electron chi connectivity index (χ0n) is 19.5. The first-order chi connectivity index (χ1) is 17.1. The highest BCUT2D eigenvalue weighted by molar-refractivity contribution is 6.32. The topological polar surface area (TPSA) is 85.6 Å². The van der Waals surface area contributed by atoms with Gasteiger partial charge >= 0.3 is 0 Å². The highest BCUT2D eigenvalue weighted by Crippen LogP contribution is 2.27. The number of rotatable bonds is 6. The van der Waals surface area contributed by atoms with Crippen LogP contribution in [0.2, 0.25) is 5.02 Å². The maximum atomic E-state index is 13.2. The number of carbonyl (C=O) groups is 1. The van der Waals surface area contributed by atoms with Crippen LogP contribution in [0.5, 0.6) is 11.5 Å². The van der Waals surface area contributed by atoms with E-state index in [1.165, 1.54) is 0 Å². The van der Waals surface area contributed by atoms with Gasteiger partial charge in [0.2, 0.25) is 0 Å². The number of fused-ring (bicyclic) bond motifs is 1. The van der Waals surface area contributed by atoms with E-state index in [4.69, 9.17) is 21.1 Å². The van der Waals surface area contributed by atoms with Crippen LogP contribution in [0, 0.1) is 0 Å². The second kappa shape index (κ2) is 9.79. The van der Waals surface area contributed by atoms with Gasteiger partial charge in [0.25, 0.3) is 5.91 Å². The molecule has 10 heteroatoms. The van der Waals surface area contributed by atoms with Crippen LogP contribution in [-0.2, 0) is 6.54 Å². The summed E-state index contributed by atoms with van der Waals surface area (Å²) in [5.74, 6) is 2.15. The fraction of sp³-hybridized carbons (Fsp3) is 0.280. The molecule has 5 rings (SSSR count). The number of amides is 1. The van der Waals surface area contributed by atoms with Gasteiger partial charge in [-0.2, -0.15) is 5.10 Å². The van der Waals surface area contributed by atoms with Crippen LogP contribution in [0.25, 0.3) is 11.0 Å². The minimum absolute atomic E-state index is 0.0456. The SMILES string of the molecule is COc1ccc(Cn2ncc3cc(C(=O)N4CCN(c5ncccc5Cl)CC4)cnc32)c(OC)c1. The van der Waals surface area contributed by atoms with E-state index in [-0.39, 0.29) is 5.91 Å². The lowest BCUT2D eigenvalue weighted by Gasteiger charge is -2.35. The summed E-state index contributed by atoms with van der Waals surface area (Å²) >= 11 is 6.28. The van der Waals surface area contributed by atoms with E-state index in [0.29, 0.717) is 54.7 Å². The van der Waals surface area contributed by atoms with Crippen LogP contribution in [0.3, 0.4) is 0 Å². The van der Waals surface area contributed by atoms with Gasteiger partial charge in [0.1, 0.15) is 17.3 Å². The maximum Gasteiger partial charge on any atom is 0.255 e. The third kappa shape index (κ3) is 4.59. The number of piperazine rings is 1. The summed E-state index contributed by atoms with van der Waals surface area (Å²) in [5, 5.41) is 5.91. The Balaban J connectivity index is 1.29. The largest absolute Gasteiger partial charge is 0.497 e.